The molecule has 2 N–H and O–H groups in total. The molecule has 10 heteroatoms. The number of carbonyl (C=O) groups is 3. The van der Waals surface area contributed by atoms with Crippen LogP contribution in [0.1, 0.15) is 52.2 Å². The van der Waals surface area contributed by atoms with E-state index in [0.29, 0.717) is 31.1 Å². The number of methoxy groups -OCH3 is 1. The maximum absolute atomic E-state index is 12.8. The van der Waals surface area contributed by atoms with Gasteiger partial charge in [-0.25, -0.2) is 0 Å². The van der Waals surface area contributed by atoms with Crippen molar-refractivity contribution in [3.05, 3.63) is 34.3 Å². The van der Waals surface area contributed by atoms with Crippen molar-refractivity contribution in [2.24, 2.45) is 5.92 Å². The Kier molecular flexibility index (Phi) is 7.94. The van der Waals surface area contributed by atoms with E-state index in [9.17, 15) is 14.4 Å². The first kappa shape index (κ1) is 22.7. The van der Waals surface area contributed by atoms with Crippen LogP contribution in [0.5, 0.6) is 5.75 Å². The summed E-state index contributed by atoms with van der Waals surface area (Å²) in [6.07, 6.45) is 3.46. The van der Waals surface area contributed by atoms with Gasteiger partial charge in [0.25, 0.3) is 11.8 Å². The van der Waals surface area contributed by atoms with E-state index in [-0.39, 0.29) is 27.7 Å². The molecule has 166 valence electrons. The summed E-state index contributed by atoms with van der Waals surface area (Å²) in [5, 5.41) is 13.7. The highest BCUT2D eigenvalue weighted by Gasteiger charge is 2.30. The third kappa shape index (κ3) is 6.00. The Morgan fingerprint density at radius 2 is 1.94 bits per heavy atom. The highest BCUT2D eigenvalue weighted by Crippen LogP contribution is 2.21. The first-order chi connectivity index (χ1) is 15.0. The summed E-state index contributed by atoms with van der Waals surface area (Å²) >= 11 is 0.945. The van der Waals surface area contributed by atoms with Crippen molar-refractivity contribution in [2.45, 2.75) is 32.6 Å². The van der Waals surface area contributed by atoms with E-state index in [0.717, 1.165) is 37.0 Å². The molecule has 1 fully saturated rings. The smallest absolute Gasteiger partial charge is 0.286 e. The number of carbonyl (C=O) groups excluding carboxylic acids is 3. The Balaban J connectivity index is 1.58. The SMILES string of the molecule is CCCCNC(=O)[C@H]1CCCN(C(=O)c2nnc(C(=O)Nc3ccc(OC)cc3)s2)C1. The van der Waals surface area contributed by atoms with Crippen LogP contribution in [0.15, 0.2) is 24.3 Å². The number of piperidine rings is 1. The van der Waals surface area contributed by atoms with Crippen LogP contribution in [0.2, 0.25) is 0 Å². The number of ether oxygens (including phenoxy) is 1. The zero-order chi connectivity index (χ0) is 22.2. The molecule has 1 aliphatic rings. The molecule has 9 nitrogen and oxygen atoms in total. The summed E-state index contributed by atoms with van der Waals surface area (Å²) in [7, 11) is 1.57. The lowest BCUT2D eigenvalue weighted by molar-refractivity contribution is -0.126. The van der Waals surface area contributed by atoms with Gasteiger partial charge in [-0.05, 0) is 43.5 Å². The normalized spacial score (nSPS) is 15.9. The number of anilines is 1. The maximum Gasteiger partial charge on any atom is 0.286 e. The molecule has 3 amide bonds. The van der Waals surface area contributed by atoms with E-state index in [2.05, 4.69) is 27.8 Å². The Morgan fingerprint density at radius 3 is 2.65 bits per heavy atom. The first-order valence-corrected chi connectivity index (χ1v) is 11.2. The standard InChI is InChI=1S/C21H27N5O4S/c1-3-4-11-22-17(27)14-6-5-12-26(13-14)21(29)20-25-24-19(31-20)18(28)23-15-7-9-16(30-2)10-8-15/h7-10,14H,3-6,11-13H2,1-2H3,(H,22,27)(H,23,28)/t14-/m0/s1. The first-order valence-electron chi connectivity index (χ1n) is 10.4. The second-order valence-corrected chi connectivity index (χ2v) is 8.31. The molecule has 2 aromatic rings. The largest absolute Gasteiger partial charge is 0.497 e. The van der Waals surface area contributed by atoms with Gasteiger partial charge in [-0.1, -0.05) is 24.7 Å². The van der Waals surface area contributed by atoms with Gasteiger partial charge in [-0.15, -0.1) is 10.2 Å². The minimum absolute atomic E-state index is 0.0113. The van der Waals surface area contributed by atoms with Gasteiger partial charge in [-0.3, -0.25) is 14.4 Å². The highest BCUT2D eigenvalue weighted by molar-refractivity contribution is 7.15. The van der Waals surface area contributed by atoms with Gasteiger partial charge in [-0.2, -0.15) is 0 Å². The van der Waals surface area contributed by atoms with Gasteiger partial charge < -0.3 is 20.3 Å². The quantitative estimate of drug-likeness (QED) is 0.604. The number of hydrogen-bond donors (Lipinski definition) is 2. The van der Waals surface area contributed by atoms with E-state index in [4.69, 9.17) is 4.74 Å². The van der Waals surface area contributed by atoms with Crippen LogP contribution in [0.4, 0.5) is 5.69 Å². The van der Waals surface area contributed by atoms with Crippen LogP contribution >= 0.6 is 11.3 Å². The van der Waals surface area contributed by atoms with Gasteiger partial charge in [0.1, 0.15) is 5.75 Å². The summed E-state index contributed by atoms with van der Waals surface area (Å²) in [6, 6.07) is 6.89. The topological polar surface area (TPSA) is 114 Å². The number of likely N-dealkylation sites (tertiary alicyclic amines) is 1. The fourth-order valence-corrected chi connectivity index (χ4v) is 4.01. The van der Waals surface area contributed by atoms with Crippen LogP contribution in [0.3, 0.4) is 0 Å². The van der Waals surface area contributed by atoms with Gasteiger partial charge in [0.05, 0.1) is 13.0 Å². The van der Waals surface area contributed by atoms with Gasteiger partial charge in [0.15, 0.2) is 0 Å². The third-order valence-electron chi connectivity index (χ3n) is 5.06. The molecule has 1 atom stereocenters. The highest BCUT2D eigenvalue weighted by atomic mass is 32.1. The Hall–Kier alpha value is -3.01. The molecule has 0 saturated carbocycles. The molecule has 0 bridgehead atoms. The molecule has 1 aliphatic heterocycles. The number of hydrogen-bond acceptors (Lipinski definition) is 7. The molecule has 31 heavy (non-hydrogen) atoms. The van der Waals surface area contributed by atoms with Crippen molar-refractivity contribution in [3.63, 3.8) is 0 Å². The molecular weight excluding hydrogens is 418 g/mol. The molecule has 3 rings (SSSR count). The van der Waals surface area contributed by atoms with Crippen LogP contribution < -0.4 is 15.4 Å². The zero-order valence-electron chi connectivity index (χ0n) is 17.7. The van der Waals surface area contributed by atoms with E-state index in [1.807, 2.05) is 0 Å². The minimum atomic E-state index is -0.437. The number of unbranched alkanes of at least 4 members (excludes halogenated alkanes) is 1. The third-order valence-corrected chi connectivity index (χ3v) is 5.97. The average molecular weight is 446 g/mol. The Morgan fingerprint density at radius 1 is 1.19 bits per heavy atom. The molecular formula is C21H27N5O4S. The zero-order valence-corrected chi connectivity index (χ0v) is 18.5. The van der Waals surface area contributed by atoms with Crippen molar-refractivity contribution in [2.75, 3.05) is 32.1 Å². The molecule has 2 heterocycles. The van der Waals surface area contributed by atoms with Crippen LogP contribution in [0, 0.1) is 5.92 Å². The van der Waals surface area contributed by atoms with Crippen molar-refractivity contribution < 1.29 is 19.1 Å². The summed E-state index contributed by atoms with van der Waals surface area (Å²) in [5.41, 5.74) is 0.585. The van der Waals surface area contributed by atoms with E-state index < -0.39 is 5.91 Å². The molecule has 0 spiro atoms. The van der Waals surface area contributed by atoms with Crippen LogP contribution in [0.25, 0.3) is 0 Å². The number of rotatable bonds is 8. The monoisotopic (exact) mass is 445 g/mol. The summed E-state index contributed by atoms with van der Waals surface area (Å²) in [6.45, 7) is 3.64. The van der Waals surface area contributed by atoms with Crippen LogP contribution in [-0.2, 0) is 4.79 Å². The lowest BCUT2D eigenvalue weighted by atomic mass is 9.97. The summed E-state index contributed by atoms with van der Waals surface area (Å²) < 4.78 is 5.09. The molecule has 1 aromatic carbocycles. The predicted molar refractivity (Wildman–Crippen MR) is 117 cm³/mol. The Labute approximate surface area is 185 Å². The summed E-state index contributed by atoms with van der Waals surface area (Å²) in [5.74, 6) is -0.288. The predicted octanol–water partition coefficient (Wildman–Crippen LogP) is 2.57. The van der Waals surface area contributed by atoms with Crippen LogP contribution in [-0.4, -0.2) is 59.6 Å². The van der Waals surface area contributed by atoms with E-state index in [1.165, 1.54) is 0 Å². The number of amides is 3. The molecule has 1 saturated heterocycles. The Bertz CT molecular complexity index is 915. The number of benzene rings is 1. The van der Waals surface area contributed by atoms with Gasteiger partial charge in [0.2, 0.25) is 15.9 Å². The molecule has 0 unspecified atom stereocenters. The molecule has 1 aromatic heterocycles. The van der Waals surface area contributed by atoms with Crippen molar-refractivity contribution >= 4 is 34.7 Å². The van der Waals surface area contributed by atoms with Crippen molar-refractivity contribution in [1.29, 1.82) is 0 Å². The molecule has 0 radical (unpaired) electrons. The number of nitrogens with one attached hydrogen (secondary N) is 2. The maximum atomic E-state index is 12.8. The van der Waals surface area contributed by atoms with Gasteiger partial charge >= 0.3 is 0 Å². The van der Waals surface area contributed by atoms with Crippen molar-refractivity contribution in [3.8, 4) is 5.75 Å². The molecule has 0 aliphatic carbocycles. The van der Waals surface area contributed by atoms with E-state index >= 15 is 0 Å². The van der Waals surface area contributed by atoms with Gasteiger partial charge in [0, 0.05) is 25.3 Å². The fraction of sp³-hybridized carbons (Fsp3) is 0.476. The second-order valence-electron chi connectivity index (χ2n) is 7.33. The fourth-order valence-electron chi connectivity index (χ4n) is 3.30. The van der Waals surface area contributed by atoms with Crippen molar-refractivity contribution in [1.82, 2.24) is 20.4 Å². The number of aromatic nitrogens is 2. The lowest BCUT2D eigenvalue weighted by Crippen LogP contribution is -2.45. The lowest BCUT2D eigenvalue weighted by Gasteiger charge is -2.31. The average Bonchev–Trinajstić information content (AvgIpc) is 3.30. The second kappa shape index (κ2) is 10.9. The summed E-state index contributed by atoms with van der Waals surface area (Å²) in [4.78, 5) is 39.3. The minimum Gasteiger partial charge on any atom is -0.497 e. The number of nitrogens with zero attached hydrogens (tertiary/aromatic N) is 3. The van der Waals surface area contributed by atoms with E-state index in [1.54, 1.807) is 36.3 Å².